The zero-order valence-corrected chi connectivity index (χ0v) is 16.0. The molecule has 27 heavy (non-hydrogen) atoms. The van der Waals surface area contributed by atoms with Gasteiger partial charge in [0.15, 0.2) is 10.6 Å². The average molecular weight is 391 g/mol. The Morgan fingerprint density at radius 1 is 1.22 bits per heavy atom. The van der Waals surface area contributed by atoms with Crippen molar-refractivity contribution in [3.05, 3.63) is 58.4 Å². The summed E-state index contributed by atoms with van der Waals surface area (Å²) >= 11 is 1.07. The summed E-state index contributed by atoms with van der Waals surface area (Å²) in [5.41, 5.74) is 1.59. The number of nitrogens with zero attached hydrogens (tertiary/aromatic N) is 3. The van der Waals surface area contributed by atoms with Crippen LogP contribution < -0.4 is 9.70 Å². The van der Waals surface area contributed by atoms with Crippen molar-refractivity contribution in [2.24, 2.45) is 4.99 Å². The summed E-state index contributed by atoms with van der Waals surface area (Å²) in [4.78, 5) is 18.9. The van der Waals surface area contributed by atoms with Crippen LogP contribution in [0, 0.1) is 11.6 Å². The molecule has 0 aliphatic carbocycles. The smallest absolute Gasteiger partial charge is 0.279 e. The van der Waals surface area contributed by atoms with Gasteiger partial charge in [-0.3, -0.25) is 4.79 Å². The van der Waals surface area contributed by atoms with Crippen LogP contribution in [0.3, 0.4) is 0 Å². The topological polar surface area (TPSA) is 46.8 Å². The van der Waals surface area contributed by atoms with E-state index < -0.39 is 17.5 Å². The Balaban J connectivity index is 2.08. The summed E-state index contributed by atoms with van der Waals surface area (Å²) in [6.07, 6.45) is 0. The van der Waals surface area contributed by atoms with E-state index in [1.165, 1.54) is 13.2 Å². The minimum atomic E-state index is -0.693. The highest BCUT2D eigenvalue weighted by atomic mass is 32.1. The van der Waals surface area contributed by atoms with Gasteiger partial charge in [0, 0.05) is 45.1 Å². The van der Waals surface area contributed by atoms with Gasteiger partial charge in [-0.05, 0) is 30.3 Å². The number of carbonyl (C=O) groups excluding carboxylic acids is 1. The Morgan fingerprint density at radius 2 is 1.93 bits per heavy atom. The number of anilines is 1. The second-order valence-electron chi connectivity index (χ2n) is 6.12. The van der Waals surface area contributed by atoms with E-state index in [1.54, 1.807) is 16.7 Å². The van der Waals surface area contributed by atoms with Gasteiger partial charge in [-0.25, -0.2) is 8.78 Å². The highest BCUT2D eigenvalue weighted by Crippen LogP contribution is 2.22. The van der Waals surface area contributed by atoms with E-state index in [4.69, 9.17) is 4.74 Å². The number of ether oxygens (including phenoxy) is 1. The van der Waals surface area contributed by atoms with E-state index in [0.29, 0.717) is 28.2 Å². The Labute approximate surface area is 159 Å². The fourth-order valence-corrected chi connectivity index (χ4v) is 3.75. The van der Waals surface area contributed by atoms with Gasteiger partial charge in [-0.1, -0.05) is 11.3 Å². The van der Waals surface area contributed by atoms with Crippen molar-refractivity contribution in [2.75, 3.05) is 32.7 Å². The van der Waals surface area contributed by atoms with Gasteiger partial charge in [-0.15, -0.1) is 0 Å². The maximum atomic E-state index is 14.3. The Kier molecular flexibility index (Phi) is 5.67. The van der Waals surface area contributed by atoms with E-state index in [9.17, 15) is 13.6 Å². The summed E-state index contributed by atoms with van der Waals surface area (Å²) < 4.78 is 34.9. The van der Waals surface area contributed by atoms with Crippen LogP contribution in [-0.2, 0) is 11.3 Å². The Morgan fingerprint density at radius 3 is 2.56 bits per heavy atom. The molecule has 5 nitrogen and oxygen atoms in total. The van der Waals surface area contributed by atoms with Gasteiger partial charge in [0.25, 0.3) is 5.91 Å². The number of rotatable bonds is 5. The van der Waals surface area contributed by atoms with E-state index >= 15 is 0 Å². The van der Waals surface area contributed by atoms with Crippen LogP contribution in [0.1, 0.15) is 10.4 Å². The fourth-order valence-electron chi connectivity index (χ4n) is 2.66. The van der Waals surface area contributed by atoms with E-state index in [1.807, 2.05) is 31.1 Å². The van der Waals surface area contributed by atoms with Crippen molar-refractivity contribution in [1.29, 1.82) is 0 Å². The summed E-state index contributed by atoms with van der Waals surface area (Å²) in [6, 6.07) is 9.08. The van der Waals surface area contributed by atoms with Crippen molar-refractivity contribution in [3.8, 4) is 0 Å². The molecule has 0 atom stereocenters. The molecule has 0 saturated heterocycles. The van der Waals surface area contributed by atoms with Crippen molar-refractivity contribution >= 4 is 33.1 Å². The SMILES string of the molecule is COCCn1c(=NC(=O)c2ccc(N(C)C)cc2)sc2cc(F)cc(F)c21. The number of amides is 1. The lowest BCUT2D eigenvalue weighted by Gasteiger charge is -2.11. The van der Waals surface area contributed by atoms with Crippen LogP contribution in [-0.4, -0.2) is 38.3 Å². The molecular weight excluding hydrogens is 372 g/mol. The lowest BCUT2D eigenvalue weighted by atomic mass is 10.2. The molecule has 0 aliphatic rings. The third-order valence-corrected chi connectivity index (χ3v) is 5.07. The number of methoxy groups -OCH3 is 1. The molecule has 0 bridgehead atoms. The molecule has 0 fully saturated rings. The molecule has 0 aliphatic heterocycles. The summed E-state index contributed by atoms with van der Waals surface area (Å²) in [5, 5.41) is 0. The molecular formula is C19H19F2N3O2S. The van der Waals surface area contributed by atoms with Crippen LogP contribution in [0.4, 0.5) is 14.5 Å². The van der Waals surface area contributed by atoms with Crippen LogP contribution in [0.2, 0.25) is 0 Å². The molecule has 3 aromatic rings. The van der Waals surface area contributed by atoms with E-state index in [-0.39, 0.29) is 5.52 Å². The monoisotopic (exact) mass is 391 g/mol. The maximum Gasteiger partial charge on any atom is 0.279 e. The van der Waals surface area contributed by atoms with E-state index in [2.05, 4.69) is 4.99 Å². The second-order valence-corrected chi connectivity index (χ2v) is 7.13. The third-order valence-electron chi connectivity index (χ3n) is 4.04. The van der Waals surface area contributed by atoms with Crippen molar-refractivity contribution in [1.82, 2.24) is 4.57 Å². The zero-order chi connectivity index (χ0) is 19.6. The van der Waals surface area contributed by atoms with Gasteiger partial charge < -0.3 is 14.2 Å². The highest BCUT2D eigenvalue weighted by Gasteiger charge is 2.14. The quantitative estimate of drug-likeness (QED) is 0.669. The average Bonchev–Trinajstić information content (AvgIpc) is 2.96. The van der Waals surface area contributed by atoms with Gasteiger partial charge in [0.05, 0.1) is 16.8 Å². The van der Waals surface area contributed by atoms with Crippen molar-refractivity contribution in [2.45, 2.75) is 6.54 Å². The summed E-state index contributed by atoms with van der Waals surface area (Å²) in [5.74, 6) is -1.81. The molecule has 1 aromatic heterocycles. The molecule has 2 aromatic carbocycles. The van der Waals surface area contributed by atoms with Crippen molar-refractivity contribution < 1.29 is 18.3 Å². The first-order chi connectivity index (χ1) is 12.9. The van der Waals surface area contributed by atoms with E-state index in [0.717, 1.165) is 23.1 Å². The first-order valence-electron chi connectivity index (χ1n) is 8.24. The predicted octanol–water partition coefficient (Wildman–Crippen LogP) is 3.43. The minimum absolute atomic E-state index is 0.216. The lowest BCUT2D eigenvalue weighted by molar-refractivity contribution is 0.0997. The molecule has 1 amide bonds. The maximum absolute atomic E-state index is 14.3. The molecule has 0 saturated carbocycles. The molecule has 1 heterocycles. The number of benzene rings is 2. The zero-order valence-electron chi connectivity index (χ0n) is 15.2. The fraction of sp³-hybridized carbons (Fsp3) is 0.263. The second kappa shape index (κ2) is 7.98. The molecule has 8 heteroatoms. The molecule has 142 valence electrons. The van der Waals surface area contributed by atoms with Gasteiger partial charge >= 0.3 is 0 Å². The summed E-state index contributed by atoms with van der Waals surface area (Å²) in [6.45, 7) is 0.603. The lowest BCUT2D eigenvalue weighted by Crippen LogP contribution is -2.20. The van der Waals surface area contributed by atoms with Crippen LogP contribution >= 0.6 is 11.3 Å². The van der Waals surface area contributed by atoms with Crippen LogP contribution in [0.5, 0.6) is 0 Å². The number of hydrogen-bond acceptors (Lipinski definition) is 4. The number of thiazole rings is 1. The number of aromatic nitrogens is 1. The normalized spacial score (nSPS) is 12.0. The number of hydrogen-bond donors (Lipinski definition) is 0. The van der Waals surface area contributed by atoms with Gasteiger partial charge in [0.2, 0.25) is 0 Å². The highest BCUT2D eigenvalue weighted by molar-refractivity contribution is 7.16. The number of carbonyl (C=O) groups is 1. The van der Waals surface area contributed by atoms with Crippen molar-refractivity contribution in [3.63, 3.8) is 0 Å². The van der Waals surface area contributed by atoms with Gasteiger partial charge in [0.1, 0.15) is 5.82 Å². The summed E-state index contributed by atoms with van der Waals surface area (Å²) in [7, 11) is 5.34. The Bertz CT molecular complexity index is 1040. The Hall–Kier alpha value is -2.58. The van der Waals surface area contributed by atoms with Crippen LogP contribution in [0.15, 0.2) is 41.4 Å². The first kappa shape index (κ1) is 19.2. The largest absolute Gasteiger partial charge is 0.383 e. The molecule has 0 unspecified atom stereocenters. The van der Waals surface area contributed by atoms with Crippen LogP contribution in [0.25, 0.3) is 10.2 Å². The number of halogens is 2. The predicted molar refractivity (Wildman–Crippen MR) is 102 cm³/mol. The first-order valence-corrected chi connectivity index (χ1v) is 9.06. The molecule has 0 radical (unpaired) electrons. The third kappa shape index (κ3) is 4.06. The standard InChI is InChI=1S/C19H19F2N3O2S/c1-23(2)14-6-4-12(5-7-14)18(25)22-19-24(8-9-26-3)17-15(21)10-13(20)11-16(17)27-19/h4-7,10-11H,8-9H2,1-3H3. The molecule has 0 N–H and O–H groups in total. The minimum Gasteiger partial charge on any atom is -0.383 e. The molecule has 0 spiro atoms. The molecule has 3 rings (SSSR count). The number of fused-ring (bicyclic) bond motifs is 1. The van der Waals surface area contributed by atoms with Gasteiger partial charge in [-0.2, -0.15) is 4.99 Å².